The molecule has 7 nitrogen and oxygen atoms in total. The number of thiophene rings is 1. The second-order valence-corrected chi connectivity index (χ2v) is 13.0. The molecule has 0 aliphatic heterocycles. The van der Waals surface area contributed by atoms with Gasteiger partial charge >= 0.3 is 5.97 Å². The van der Waals surface area contributed by atoms with E-state index in [9.17, 15) is 14.9 Å². The molecule has 1 atom stereocenters. The van der Waals surface area contributed by atoms with Gasteiger partial charge in [0.05, 0.1) is 30.5 Å². The Kier molecular flexibility index (Phi) is 9.54. The Labute approximate surface area is 244 Å². The minimum Gasteiger partial charge on any atom is -0.497 e. The number of hydrogen-bond donors (Lipinski definition) is 1. The lowest BCUT2D eigenvalue weighted by Crippen LogP contribution is -2.26. The van der Waals surface area contributed by atoms with E-state index in [-0.39, 0.29) is 30.3 Å². The third-order valence-electron chi connectivity index (χ3n) is 7.16. The zero-order chi connectivity index (χ0) is 28.9. The number of carbonyl (C=O) groups is 2. The third kappa shape index (κ3) is 6.86. The first-order valence-corrected chi connectivity index (χ1v) is 15.2. The SMILES string of the molecule is CCOC(=O)c1c(NC(=O)CCSc2nc(-c3ccc(OC)cc3)ccc2C#N)sc2c1CCC(C(C)(C)C)C2. The summed E-state index contributed by atoms with van der Waals surface area (Å²) in [6, 6.07) is 13.3. The molecule has 0 bridgehead atoms. The fraction of sp³-hybridized carbons (Fsp3) is 0.419. The molecule has 1 aliphatic carbocycles. The molecular formula is C31H35N3O4S2. The molecule has 1 aromatic carbocycles. The van der Waals surface area contributed by atoms with Gasteiger partial charge in [-0.25, -0.2) is 9.78 Å². The summed E-state index contributed by atoms with van der Waals surface area (Å²) in [7, 11) is 1.62. The molecule has 0 spiro atoms. The standard InChI is InChI=1S/C31H35N3O4S2/c1-6-38-30(36)27-23-13-10-21(31(2,3)4)17-25(23)40-29(27)34-26(35)15-16-39-28-20(18-32)9-14-24(33-28)19-7-11-22(37-5)12-8-19/h7-9,11-12,14,21H,6,10,13,15-17H2,1-5H3,(H,34,35). The van der Waals surface area contributed by atoms with Gasteiger partial charge in [-0.05, 0) is 79.5 Å². The number of nitrogens with zero attached hydrogens (tertiary/aromatic N) is 2. The van der Waals surface area contributed by atoms with Crippen LogP contribution in [-0.4, -0.2) is 36.3 Å². The summed E-state index contributed by atoms with van der Waals surface area (Å²) >= 11 is 2.87. The van der Waals surface area contributed by atoms with Crippen molar-refractivity contribution in [1.29, 1.82) is 5.26 Å². The highest BCUT2D eigenvalue weighted by atomic mass is 32.2. The lowest BCUT2D eigenvalue weighted by molar-refractivity contribution is -0.115. The summed E-state index contributed by atoms with van der Waals surface area (Å²) in [5, 5.41) is 13.7. The van der Waals surface area contributed by atoms with Gasteiger partial charge in [-0.2, -0.15) is 5.26 Å². The van der Waals surface area contributed by atoms with Gasteiger partial charge in [-0.3, -0.25) is 4.79 Å². The van der Waals surface area contributed by atoms with Crippen LogP contribution in [0.15, 0.2) is 41.4 Å². The Morgan fingerprint density at radius 1 is 1.20 bits per heavy atom. The predicted octanol–water partition coefficient (Wildman–Crippen LogP) is 7.14. The van der Waals surface area contributed by atoms with E-state index in [2.05, 4.69) is 37.1 Å². The van der Waals surface area contributed by atoms with Crippen LogP contribution in [0.2, 0.25) is 0 Å². The summed E-state index contributed by atoms with van der Waals surface area (Å²) < 4.78 is 10.6. The molecule has 3 aromatic rings. The number of rotatable bonds is 9. The van der Waals surface area contributed by atoms with Crippen LogP contribution in [-0.2, 0) is 22.4 Å². The topological polar surface area (TPSA) is 101 Å². The Morgan fingerprint density at radius 2 is 1.95 bits per heavy atom. The van der Waals surface area contributed by atoms with E-state index in [1.54, 1.807) is 20.1 Å². The van der Waals surface area contributed by atoms with Crippen molar-refractivity contribution < 1.29 is 19.1 Å². The zero-order valence-electron chi connectivity index (χ0n) is 23.6. The monoisotopic (exact) mass is 577 g/mol. The summed E-state index contributed by atoms with van der Waals surface area (Å²) in [4.78, 5) is 31.8. The summed E-state index contributed by atoms with van der Waals surface area (Å²) in [6.45, 7) is 8.82. The Bertz CT molecular complexity index is 1420. The van der Waals surface area contributed by atoms with E-state index in [0.717, 1.165) is 46.7 Å². The minimum absolute atomic E-state index is 0.174. The van der Waals surface area contributed by atoms with Crippen LogP contribution >= 0.6 is 23.1 Å². The lowest BCUT2D eigenvalue weighted by atomic mass is 9.72. The number of esters is 1. The number of anilines is 1. The van der Waals surface area contributed by atoms with Crippen molar-refractivity contribution in [2.75, 3.05) is 24.8 Å². The van der Waals surface area contributed by atoms with Gasteiger partial charge < -0.3 is 14.8 Å². The van der Waals surface area contributed by atoms with Crippen molar-refractivity contribution in [2.24, 2.45) is 11.3 Å². The van der Waals surface area contributed by atoms with Crippen molar-refractivity contribution in [2.45, 2.75) is 58.4 Å². The first kappa shape index (κ1) is 29.6. The molecule has 1 N–H and O–H groups in total. The molecule has 1 unspecified atom stereocenters. The molecule has 2 heterocycles. The number of ether oxygens (including phenoxy) is 2. The van der Waals surface area contributed by atoms with E-state index in [4.69, 9.17) is 9.47 Å². The van der Waals surface area contributed by atoms with Gasteiger partial charge in [0.2, 0.25) is 5.91 Å². The lowest BCUT2D eigenvalue weighted by Gasteiger charge is -2.33. The predicted molar refractivity (Wildman–Crippen MR) is 160 cm³/mol. The summed E-state index contributed by atoms with van der Waals surface area (Å²) in [5.41, 5.74) is 3.82. The van der Waals surface area contributed by atoms with Gasteiger partial charge in [0.15, 0.2) is 0 Å². The molecule has 9 heteroatoms. The highest BCUT2D eigenvalue weighted by Gasteiger charge is 2.34. The number of nitrogens with one attached hydrogen (secondary N) is 1. The molecule has 0 radical (unpaired) electrons. The van der Waals surface area contributed by atoms with Crippen molar-refractivity contribution >= 4 is 40.0 Å². The molecule has 0 saturated heterocycles. The van der Waals surface area contributed by atoms with Crippen molar-refractivity contribution in [1.82, 2.24) is 4.98 Å². The number of hydrogen-bond acceptors (Lipinski definition) is 8. The van der Waals surface area contributed by atoms with Crippen LogP contribution < -0.4 is 10.1 Å². The average molecular weight is 578 g/mol. The molecule has 0 fully saturated rings. The normalized spacial score (nSPS) is 14.7. The van der Waals surface area contributed by atoms with Crippen molar-refractivity contribution in [3.63, 3.8) is 0 Å². The smallest absolute Gasteiger partial charge is 0.341 e. The zero-order valence-corrected chi connectivity index (χ0v) is 25.3. The first-order chi connectivity index (χ1) is 19.1. The molecule has 4 rings (SSSR count). The fourth-order valence-corrected chi connectivity index (χ4v) is 7.06. The molecular weight excluding hydrogens is 542 g/mol. The van der Waals surface area contributed by atoms with Crippen LogP contribution in [0, 0.1) is 22.7 Å². The number of methoxy groups -OCH3 is 1. The first-order valence-electron chi connectivity index (χ1n) is 13.4. The Morgan fingerprint density at radius 3 is 2.60 bits per heavy atom. The van der Waals surface area contributed by atoms with Crippen LogP contribution in [0.4, 0.5) is 5.00 Å². The van der Waals surface area contributed by atoms with Crippen LogP contribution in [0.25, 0.3) is 11.3 Å². The highest BCUT2D eigenvalue weighted by molar-refractivity contribution is 7.99. The number of aromatic nitrogens is 1. The maximum atomic E-state index is 13.0. The fourth-order valence-electron chi connectivity index (χ4n) is 4.82. The van der Waals surface area contributed by atoms with E-state index in [0.29, 0.717) is 32.8 Å². The second kappa shape index (κ2) is 12.9. The third-order valence-corrected chi connectivity index (χ3v) is 9.32. The van der Waals surface area contributed by atoms with Crippen molar-refractivity contribution in [3.05, 3.63) is 58.0 Å². The van der Waals surface area contributed by atoms with E-state index < -0.39 is 0 Å². The van der Waals surface area contributed by atoms with E-state index >= 15 is 0 Å². The molecule has 0 saturated carbocycles. The molecule has 1 amide bonds. The number of amides is 1. The quantitative estimate of drug-likeness (QED) is 0.213. The Hall–Kier alpha value is -3.35. The number of thioether (sulfide) groups is 1. The van der Waals surface area contributed by atoms with Crippen LogP contribution in [0.3, 0.4) is 0 Å². The maximum Gasteiger partial charge on any atom is 0.341 e. The molecule has 2 aromatic heterocycles. The van der Waals surface area contributed by atoms with Gasteiger partial charge in [0, 0.05) is 22.6 Å². The second-order valence-electron chi connectivity index (χ2n) is 10.8. The van der Waals surface area contributed by atoms with Crippen LogP contribution in [0.1, 0.15) is 66.9 Å². The number of carbonyl (C=O) groups excluding carboxylic acids is 2. The van der Waals surface area contributed by atoms with Gasteiger partial charge in [-0.1, -0.05) is 20.8 Å². The van der Waals surface area contributed by atoms with E-state index in [1.807, 2.05) is 30.3 Å². The number of nitriles is 1. The number of fused-ring (bicyclic) bond motifs is 1. The molecule has 210 valence electrons. The average Bonchev–Trinajstić information content (AvgIpc) is 3.29. The van der Waals surface area contributed by atoms with Gasteiger partial charge in [0.1, 0.15) is 21.8 Å². The van der Waals surface area contributed by atoms with Gasteiger partial charge in [-0.15, -0.1) is 23.1 Å². The van der Waals surface area contributed by atoms with Crippen molar-refractivity contribution in [3.8, 4) is 23.1 Å². The molecule has 1 aliphatic rings. The van der Waals surface area contributed by atoms with Gasteiger partial charge in [0.25, 0.3) is 0 Å². The summed E-state index contributed by atoms with van der Waals surface area (Å²) in [6.07, 6.45) is 2.92. The number of pyridine rings is 1. The maximum absolute atomic E-state index is 13.0. The summed E-state index contributed by atoms with van der Waals surface area (Å²) in [5.74, 6) is 1.14. The Balaban J connectivity index is 1.45. The van der Waals surface area contributed by atoms with E-state index in [1.165, 1.54) is 23.1 Å². The largest absolute Gasteiger partial charge is 0.497 e. The molecule has 40 heavy (non-hydrogen) atoms. The van der Waals surface area contributed by atoms with Crippen LogP contribution in [0.5, 0.6) is 5.75 Å². The highest BCUT2D eigenvalue weighted by Crippen LogP contribution is 2.44. The minimum atomic E-state index is -0.378. The number of benzene rings is 1.